The van der Waals surface area contributed by atoms with Crippen molar-refractivity contribution in [1.29, 1.82) is 0 Å². The third-order valence-corrected chi connectivity index (χ3v) is 3.54. The number of hydrogen-bond donors (Lipinski definition) is 1. The molecule has 0 aliphatic rings. The minimum atomic E-state index is -0.148. The highest BCUT2D eigenvalue weighted by Crippen LogP contribution is 2.18. The Hall–Kier alpha value is -1.89. The number of hydrogen-bond acceptors (Lipinski definition) is 5. The number of aromatic nitrogens is 3. The lowest BCUT2D eigenvalue weighted by Gasteiger charge is -2.10. The summed E-state index contributed by atoms with van der Waals surface area (Å²) < 4.78 is 6.94. The number of methoxy groups -OCH3 is 1. The maximum atomic E-state index is 11.9. The first-order valence-corrected chi connectivity index (χ1v) is 6.93. The van der Waals surface area contributed by atoms with E-state index in [9.17, 15) is 4.79 Å². The predicted octanol–water partition coefficient (Wildman–Crippen LogP) is 2.04. The van der Waals surface area contributed by atoms with Crippen LogP contribution in [0.1, 0.15) is 12.5 Å². The predicted molar refractivity (Wildman–Crippen MR) is 80.0 cm³/mol. The molecule has 0 spiro atoms. The summed E-state index contributed by atoms with van der Waals surface area (Å²) in [7, 11) is 1.57. The first-order valence-electron chi connectivity index (χ1n) is 6.14. The average molecular weight is 339 g/mol. The zero-order valence-electron chi connectivity index (χ0n) is 11.3. The standard InChI is InChI=1S/C13H15BrN4O2/c1-3-18-13(19)12(14)10(8-17-18)16-7-9-4-5-15-11(6-9)20-2/h4-6,8,16H,3,7H2,1-2H3. The highest BCUT2D eigenvalue weighted by Gasteiger charge is 2.07. The van der Waals surface area contributed by atoms with Gasteiger partial charge in [0.1, 0.15) is 4.47 Å². The molecule has 0 unspecified atom stereocenters. The van der Waals surface area contributed by atoms with Crippen molar-refractivity contribution in [3.63, 3.8) is 0 Å². The molecule has 20 heavy (non-hydrogen) atoms. The summed E-state index contributed by atoms with van der Waals surface area (Å²) in [4.78, 5) is 16.0. The van der Waals surface area contributed by atoms with E-state index in [-0.39, 0.29) is 5.56 Å². The molecule has 2 aromatic heterocycles. The van der Waals surface area contributed by atoms with Gasteiger partial charge in [-0.15, -0.1) is 0 Å². The second-order valence-electron chi connectivity index (χ2n) is 4.05. The van der Waals surface area contributed by atoms with E-state index < -0.39 is 0 Å². The molecular formula is C13H15BrN4O2. The molecule has 2 aromatic rings. The van der Waals surface area contributed by atoms with Crippen LogP contribution in [0.25, 0.3) is 0 Å². The van der Waals surface area contributed by atoms with Gasteiger partial charge >= 0.3 is 0 Å². The van der Waals surface area contributed by atoms with Crippen molar-refractivity contribution in [2.75, 3.05) is 12.4 Å². The maximum Gasteiger partial charge on any atom is 0.283 e. The van der Waals surface area contributed by atoms with Crippen LogP contribution in [0.4, 0.5) is 5.69 Å². The molecule has 0 aliphatic carbocycles. The second kappa shape index (κ2) is 6.51. The number of nitrogens with zero attached hydrogens (tertiary/aromatic N) is 3. The van der Waals surface area contributed by atoms with Crippen LogP contribution >= 0.6 is 15.9 Å². The first-order chi connectivity index (χ1) is 9.65. The summed E-state index contributed by atoms with van der Waals surface area (Å²) in [5, 5.41) is 7.24. The monoisotopic (exact) mass is 338 g/mol. The minimum absolute atomic E-state index is 0.148. The van der Waals surface area contributed by atoms with E-state index in [1.807, 2.05) is 19.1 Å². The van der Waals surface area contributed by atoms with Crippen molar-refractivity contribution < 1.29 is 4.74 Å². The second-order valence-corrected chi connectivity index (χ2v) is 4.85. The molecular weight excluding hydrogens is 324 g/mol. The summed E-state index contributed by atoms with van der Waals surface area (Å²) >= 11 is 3.30. The van der Waals surface area contributed by atoms with Crippen LogP contribution in [0.2, 0.25) is 0 Å². The lowest BCUT2D eigenvalue weighted by atomic mass is 10.2. The Bertz CT molecular complexity index is 657. The van der Waals surface area contributed by atoms with Gasteiger partial charge in [0, 0.05) is 25.4 Å². The largest absolute Gasteiger partial charge is 0.481 e. The van der Waals surface area contributed by atoms with Crippen molar-refractivity contribution >= 4 is 21.6 Å². The summed E-state index contributed by atoms with van der Waals surface area (Å²) in [6, 6.07) is 3.71. The fourth-order valence-corrected chi connectivity index (χ4v) is 2.13. The topological polar surface area (TPSA) is 69.0 Å². The van der Waals surface area contributed by atoms with Gasteiger partial charge in [0.25, 0.3) is 5.56 Å². The Morgan fingerprint density at radius 1 is 1.50 bits per heavy atom. The average Bonchev–Trinajstić information content (AvgIpc) is 2.49. The molecule has 1 N–H and O–H groups in total. The molecule has 0 fully saturated rings. The highest BCUT2D eigenvalue weighted by atomic mass is 79.9. The number of ether oxygens (including phenoxy) is 1. The van der Waals surface area contributed by atoms with Crippen LogP contribution in [0.3, 0.4) is 0 Å². The van der Waals surface area contributed by atoms with E-state index in [0.717, 1.165) is 5.56 Å². The molecule has 106 valence electrons. The van der Waals surface area contributed by atoms with E-state index >= 15 is 0 Å². The molecule has 0 saturated heterocycles. The van der Waals surface area contributed by atoms with Crippen LogP contribution in [-0.2, 0) is 13.1 Å². The van der Waals surface area contributed by atoms with E-state index in [1.54, 1.807) is 19.5 Å². The molecule has 7 heteroatoms. The number of rotatable bonds is 5. The molecule has 0 saturated carbocycles. The molecule has 0 radical (unpaired) electrons. The number of aryl methyl sites for hydroxylation is 1. The van der Waals surface area contributed by atoms with Crippen molar-refractivity contribution in [1.82, 2.24) is 14.8 Å². The molecule has 0 atom stereocenters. The van der Waals surface area contributed by atoms with Gasteiger partial charge in [0.05, 0.1) is 19.0 Å². The van der Waals surface area contributed by atoms with Crippen LogP contribution in [0.15, 0.2) is 33.8 Å². The molecule has 0 aromatic carbocycles. The van der Waals surface area contributed by atoms with Crippen LogP contribution < -0.4 is 15.6 Å². The maximum absolute atomic E-state index is 11.9. The van der Waals surface area contributed by atoms with E-state index in [0.29, 0.717) is 29.1 Å². The zero-order valence-corrected chi connectivity index (χ0v) is 12.8. The van der Waals surface area contributed by atoms with Gasteiger partial charge in [-0.1, -0.05) is 0 Å². The summed E-state index contributed by atoms with van der Waals surface area (Å²) in [5.74, 6) is 0.558. The van der Waals surface area contributed by atoms with Gasteiger partial charge in [-0.05, 0) is 34.5 Å². The fraction of sp³-hybridized carbons (Fsp3) is 0.308. The number of anilines is 1. The lowest BCUT2D eigenvalue weighted by Crippen LogP contribution is -2.23. The molecule has 2 rings (SSSR count). The van der Waals surface area contributed by atoms with Crippen molar-refractivity contribution in [2.45, 2.75) is 20.0 Å². The third kappa shape index (κ3) is 3.16. The van der Waals surface area contributed by atoms with Crippen LogP contribution in [0, 0.1) is 0 Å². The van der Waals surface area contributed by atoms with E-state index in [2.05, 4.69) is 31.3 Å². The minimum Gasteiger partial charge on any atom is -0.481 e. The van der Waals surface area contributed by atoms with Gasteiger partial charge in [-0.2, -0.15) is 5.10 Å². The molecule has 0 amide bonds. The van der Waals surface area contributed by atoms with Crippen molar-refractivity contribution in [2.24, 2.45) is 0 Å². The molecule has 2 heterocycles. The number of nitrogens with one attached hydrogen (secondary N) is 1. The van der Waals surface area contributed by atoms with Crippen LogP contribution in [0.5, 0.6) is 5.88 Å². The summed E-state index contributed by atoms with van der Waals surface area (Å²) in [6.07, 6.45) is 3.31. The number of halogens is 1. The van der Waals surface area contributed by atoms with E-state index in [4.69, 9.17) is 4.74 Å². The van der Waals surface area contributed by atoms with Crippen molar-refractivity contribution in [3.8, 4) is 5.88 Å². The SMILES string of the molecule is CCn1ncc(NCc2ccnc(OC)c2)c(Br)c1=O. The lowest BCUT2D eigenvalue weighted by molar-refractivity contribution is 0.397. The first kappa shape index (κ1) is 14.5. The summed E-state index contributed by atoms with van der Waals surface area (Å²) in [5.41, 5.74) is 1.52. The van der Waals surface area contributed by atoms with E-state index in [1.165, 1.54) is 4.68 Å². The van der Waals surface area contributed by atoms with Gasteiger partial charge in [0.15, 0.2) is 0 Å². The Morgan fingerprint density at radius 2 is 2.30 bits per heavy atom. The smallest absolute Gasteiger partial charge is 0.283 e. The van der Waals surface area contributed by atoms with Gasteiger partial charge in [-0.3, -0.25) is 4.79 Å². The Labute approximate surface area is 124 Å². The summed E-state index contributed by atoms with van der Waals surface area (Å²) in [6.45, 7) is 2.96. The van der Waals surface area contributed by atoms with Gasteiger partial charge in [-0.25, -0.2) is 9.67 Å². The molecule has 0 bridgehead atoms. The fourth-order valence-electron chi connectivity index (χ4n) is 1.68. The normalized spacial score (nSPS) is 10.3. The van der Waals surface area contributed by atoms with Crippen molar-refractivity contribution in [3.05, 3.63) is 44.9 Å². The quantitative estimate of drug-likeness (QED) is 0.903. The third-order valence-electron chi connectivity index (χ3n) is 2.78. The Kier molecular flexibility index (Phi) is 4.73. The van der Waals surface area contributed by atoms with Gasteiger partial charge in [0.2, 0.25) is 5.88 Å². The Morgan fingerprint density at radius 3 is 3.00 bits per heavy atom. The number of pyridine rings is 1. The highest BCUT2D eigenvalue weighted by molar-refractivity contribution is 9.10. The molecule has 6 nitrogen and oxygen atoms in total. The van der Waals surface area contributed by atoms with Gasteiger partial charge < -0.3 is 10.1 Å². The molecule has 0 aliphatic heterocycles. The zero-order chi connectivity index (χ0) is 14.5. The van der Waals surface area contributed by atoms with Crippen LogP contribution in [-0.4, -0.2) is 21.9 Å². The Balaban J connectivity index is 2.15.